The number of aliphatic imine (C=N–C) groups is 1. The largest absolute Gasteiger partial charge is 0.357 e. The smallest absolute Gasteiger partial charge is 0.193 e. The number of likely N-dealkylation sites (tertiary alicyclic amines) is 1. The number of rotatable bonds is 6. The Bertz CT molecular complexity index is 683. The van der Waals surface area contributed by atoms with Crippen LogP contribution in [0.4, 0.5) is 0 Å². The van der Waals surface area contributed by atoms with Gasteiger partial charge in [-0.1, -0.05) is 30.3 Å². The topological polar surface area (TPSA) is 45.5 Å². The van der Waals surface area contributed by atoms with E-state index in [0.717, 1.165) is 45.1 Å². The van der Waals surface area contributed by atoms with E-state index in [9.17, 15) is 0 Å². The van der Waals surface area contributed by atoms with E-state index in [2.05, 4.69) is 65.7 Å². The van der Waals surface area contributed by atoms with Crippen LogP contribution in [0.2, 0.25) is 0 Å². The third kappa shape index (κ3) is 5.72. The maximum atomic E-state index is 4.84. The highest BCUT2D eigenvalue weighted by atomic mass is 127. The molecule has 3 rings (SSSR count). The Kier molecular flexibility index (Phi) is 8.41. The van der Waals surface area contributed by atoms with Crippen molar-refractivity contribution in [2.45, 2.75) is 39.2 Å². The van der Waals surface area contributed by atoms with Crippen LogP contribution < -0.4 is 5.32 Å². The molecule has 5 nitrogen and oxygen atoms in total. The Morgan fingerprint density at radius 1 is 1.31 bits per heavy atom. The van der Waals surface area contributed by atoms with E-state index in [1.165, 1.54) is 17.5 Å². The molecule has 0 bridgehead atoms. The molecule has 1 N–H and O–H groups in total. The molecule has 1 fully saturated rings. The monoisotopic (exact) mass is 467 g/mol. The molecule has 1 aliphatic heterocycles. The fraction of sp³-hybridized carbons (Fsp3) is 0.500. The summed E-state index contributed by atoms with van der Waals surface area (Å²) in [4.78, 5) is 7.24. The molecule has 0 spiro atoms. The number of nitrogens with zero attached hydrogens (tertiary/aromatic N) is 4. The standard InChI is InChI=1S/C20H29N5.HI/c1-3-21-20(22-11-7-12-25-15-17(2)14-23-25)24-13-10-19(16-24)18-8-5-4-6-9-18;/h4-6,8-9,14-15,19H,3,7,10-13,16H2,1-2H3,(H,21,22);1H. The number of guanidine groups is 1. The molecule has 1 aromatic carbocycles. The quantitative estimate of drug-likeness (QED) is 0.305. The zero-order valence-electron chi connectivity index (χ0n) is 15.8. The normalized spacial score (nSPS) is 17.2. The summed E-state index contributed by atoms with van der Waals surface area (Å²) in [5.41, 5.74) is 2.65. The fourth-order valence-corrected chi connectivity index (χ4v) is 3.38. The van der Waals surface area contributed by atoms with Crippen molar-refractivity contribution < 1.29 is 0 Å². The lowest BCUT2D eigenvalue weighted by Gasteiger charge is -2.21. The SMILES string of the molecule is CCNC(=NCCCn1cc(C)cn1)N1CCC(c2ccccc2)C1.I. The number of aryl methyl sites for hydroxylation is 2. The van der Waals surface area contributed by atoms with Crippen LogP contribution in [-0.4, -0.2) is 46.8 Å². The number of hydrogen-bond donors (Lipinski definition) is 1. The molecule has 6 heteroatoms. The van der Waals surface area contributed by atoms with Crippen molar-refractivity contribution in [2.24, 2.45) is 4.99 Å². The van der Waals surface area contributed by atoms with Crippen LogP contribution in [0.3, 0.4) is 0 Å². The predicted molar refractivity (Wildman–Crippen MR) is 118 cm³/mol. The fourth-order valence-electron chi connectivity index (χ4n) is 3.38. The number of aromatic nitrogens is 2. The van der Waals surface area contributed by atoms with Crippen molar-refractivity contribution in [3.8, 4) is 0 Å². The van der Waals surface area contributed by atoms with E-state index in [0.29, 0.717) is 5.92 Å². The first-order valence-corrected chi connectivity index (χ1v) is 9.33. The van der Waals surface area contributed by atoms with E-state index in [1.54, 1.807) is 0 Å². The summed E-state index contributed by atoms with van der Waals surface area (Å²) in [6.07, 6.45) is 6.19. The Hall–Kier alpha value is -1.57. The van der Waals surface area contributed by atoms with Gasteiger partial charge in [0, 0.05) is 44.8 Å². The lowest BCUT2D eigenvalue weighted by Crippen LogP contribution is -2.40. The molecule has 0 amide bonds. The molecule has 142 valence electrons. The molecular weight excluding hydrogens is 437 g/mol. The lowest BCUT2D eigenvalue weighted by atomic mass is 9.99. The molecule has 1 saturated heterocycles. The van der Waals surface area contributed by atoms with Crippen LogP contribution in [0.1, 0.15) is 36.8 Å². The first-order chi connectivity index (χ1) is 12.3. The molecule has 2 heterocycles. The van der Waals surface area contributed by atoms with Gasteiger partial charge in [-0.25, -0.2) is 0 Å². The van der Waals surface area contributed by atoms with Gasteiger partial charge in [-0.2, -0.15) is 5.10 Å². The minimum atomic E-state index is 0. The molecule has 1 atom stereocenters. The molecule has 0 saturated carbocycles. The van der Waals surface area contributed by atoms with Crippen molar-refractivity contribution in [3.63, 3.8) is 0 Å². The van der Waals surface area contributed by atoms with Gasteiger partial charge in [0.05, 0.1) is 6.20 Å². The molecule has 26 heavy (non-hydrogen) atoms. The Labute approximate surface area is 173 Å². The van der Waals surface area contributed by atoms with Crippen molar-refractivity contribution in [1.82, 2.24) is 20.0 Å². The highest BCUT2D eigenvalue weighted by molar-refractivity contribution is 14.0. The predicted octanol–water partition coefficient (Wildman–Crippen LogP) is 3.65. The maximum absolute atomic E-state index is 4.84. The molecule has 0 radical (unpaired) electrons. The summed E-state index contributed by atoms with van der Waals surface area (Å²) in [5, 5.41) is 7.78. The summed E-state index contributed by atoms with van der Waals surface area (Å²) < 4.78 is 2.00. The first kappa shape index (κ1) is 20.7. The van der Waals surface area contributed by atoms with Crippen molar-refractivity contribution >= 4 is 29.9 Å². The van der Waals surface area contributed by atoms with Gasteiger partial charge in [0.2, 0.25) is 0 Å². The molecule has 1 aliphatic rings. The van der Waals surface area contributed by atoms with E-state index >= 15 is 0 Å². The van der Waals surface area contributed by atoms with Gasteiger partial charge in [-0.05, 0) is 37.8 Å². The minimum absolute atomic E-state index is 0. The zero-order chi connectivity index (χ0) is 17.5. The Balaban J connectivity index is 0.00000243. The summed E-state index contributed by atoms with van der Waals surface area (Å²) >= 11 is 0. The van der Waals surface area contributed by atoms with Gasteiger partial charge in [-0.15, -0.1) is 24.0 Å². The molecular formula is C20H30IN5. The summed E-state index contributed by atoms with van der Waals surface area (Å²) in [6, 6.07) is 10.8. The zero-order valence-corrected chi connectivity index (χ0v) is 18.1. The summed E-state index contributed by atoms with van der Waals surface area (Å²) in [6.45, 7) is 8.98. The third-order valence-corrected chi connectivity index (χ3v) is 4.66. The van der Waals surface area contributed by atoms with Gasteiger partial charge >= 0.3 is 0 Å². The van der Waals surface area contributed by atoms with Crippen molar-refractivity contribution in [1.29, 1.82) is 0 Å². The second kappa shape index (κ2) is 10.5. The number of hydrogen-bond acceptors (Lipinski definition) is 2. The molecule has 1 aromatic heterocycles. The van der Waals surface area contributed by atoms with Crippen LogP contribution in [0.25, 0.3) is 0 Å². The van der Waals surface area contributed by atoms with Gasteiger partial charge in [0.25, 0.3) is 0 Å². The van der Waals surface area contributed by atoms with E-state index < -0.39 is 0 Å². The first-order valence-electron chi connectivity index (χ1n) is 9.33. The number of nitrogens with one attached hydrogen (secondary N) is 1. The maximum Gasteiger partial charge on any atom is 0.193 e. The lowest BCUT2D eigenvalue weighted by molar-refractivity contribution is 0.484. The van der Waals surface area contributed by atoms with Crippen LogP contribution in [0, 0.1) is 6.92 Å². The average Bonchev–Trinajstić information content (AvgIpc) is 3.28. The Morgan fingerprint density at radius 2 is 2.12 bits per heavy atom. The average molecular weight is 467 g/mol. The van der Waals surface area contributed by atoms with Crippen LogP contribution in [0.5, 0.6) is 0 Å². The molecule has 0 aliphatic carbocycles. The van der Waals surface area contributed by atoms with E-state index in [4.69, 9.17) is 4.99 Å². The number of halogens is 1. The molecule has 2 aromatic rings. The third-order valence-electron chi connectivity index (χ3n) is 4.66. The van der Waals surface area contributed by atoms with Crippen LogP contribution >= 0.6 is 24.0 Å². The minimum Gasteiger partial charge on any atom is -0.357 e. The van der Waals surface area contributed by atoms with Gasteiger partial charge < -0.3 is 10.2 Å². The number of benzene rings is 1. The second-order valence-electron chi connectivity index (χ2n) is 6.71. The summed E-state index contributed by atoms with van der Waals surface area (Å²) in [7, 11) is 0. The summed E-state index contributed by atoms with van der Waals surface area (Å²) in [5.74, 6) is 1.66. The van der Waals surface area contributed by atoms with Crippen LogP contribution in [-0.2, 0) is 6.54 Å². The van der Waals surface area contributed by atoms with Crippen LogP contribution in [0.15, 0.2) is 47.7 Å². The second-order valence-corrected chi connectivity index (χ2v) is 6.71. The highest BCUT2D eigenvalue weighted by Gasteiger charge is 2.25. The van der Waals surface area contributed by atoms with Gasteiger partial charge in [0.15, 0.2) is 5.96 Å². The van der Waals surface area contributed by atoms with Crippen molar-refractivity contribution in [2.75, 3.05) is 26.2 Å². The van der Waals surface area contributed by atoms with E-state index in [1.807, 2.05) is 10.9 Å². The van der Waals surface area contributed by atoms with Gasteiger partial charge in [-0.3, -0.25) is 9.67 Å². The highest BCUT2D eigenvalue weighted by Crippen LogP contribution is 2.26. The molecule has 1 unspecified atom stereocenters. The Morgan fingerprint density at radius 3 is 2.81 bits per heavy atom. The van der Waals surface area contributed by atoms with Crippen molar-refractivity contribution in [3.05, 3.63) is 53.9 Å². The van der Waals surface area contributed by atoms with Gasteiger partial charge in [0.1, 0.15) is 0 Å². The van der Waals surface area contributed by atoms with E-state index in [-0.39, 0.29) is 24.0 Å².